The third-order valence-electron chi connectivity index (χ3n) is 2.63. The van der Waals surface area contributed by atoms with Gasteiger partial charge in [-0.05, 0) is 25.5 Å². The van der Waals surface area contributed by atoms with Crippen molar-refractivity contribution in [3.05, 3.63) is 23.8 Å². The van der Waals surface area contributed by atoms with Crippen LogP contribution in [0.2, 0.25) is 0 Å². The molecular formula is C13H18N2O2. The van der Waals surface area contributed by atoms with Crippen LogP contribution in [-0.4, -0.2) is 31.9 Å². The van der Waals surface area contributed by atoms with E-state index in [4.69, 9.17) is 15.1 Å². The lowest BCUT2D eigenvalue weighted by atomic mass is 10.1. The van der Waals surface area contributed by atoms with Crippen LogP contribution in [-0.2, 0) is 0 Å². The summed E-state index contributed by atoms with van der Waals surface area (Å²) < 4.78 is 5.17. The van der Waals surface area contributed by atoms with E-state index in [2.05, 4.69) is 11.0 Å². The van der Waals surface area contributed by atoms with E-state index in [0.29, 0.717) is 12.0 Å². The van der Waals surface area contributed by atoms with E-state index in [9.17, 15) is 0 Å². The molecule has 0 atom stereocenters. The fraction of sp³-hybridized carbons (Fsp3) is 0.462. The number of nitriles is 1. The van der Waals surface area contributed by atoms with E-state index < -0.39 is 0 Å². The maximum absolute atomic E-state index is 9.08. The number of methoxy groups -OCH3 is 1. The van der Waals surface area contributed by atoms with Gasteiger partial charge in [-0.3, -0.25) is 0 Å². The molecule has 0 amide bonds. The Hall–Kier alpha value is -1.73. The van der Waals surface area contributed by atoms with Crippen LogP contribution in [0, 0.1) is 11.3 Å². The zero-order valence-corrected chi connectivity index (χ0v) is 10.3. The highest BCUT2D eigenvalue weighted by Crippen LogP contribution is 2.25. The molecule has 0 heterocycles. The van der Waals surface area contributed by atoms with Crippen molar-refractivity contribution in [2.45, 2.75) is 13.3 Å². The molecule has 0 aliphatic rings. The number of aliphatic hydroxyl groups excluding tert-OH is 1. The average Bonchev–Trinajstić information content (AvgIpc) is 2.39. The molecule has 0 radical (unpaired) electrons. The SMILES string of the molecule is CCN(CCCO)c1cc(OC)ccc1C#N. The Kier molecular flexibility index (Phi) is 5.31. The van der Waals surface area contributed by atoms with Gasteiger partial charge in [0.2, 0.25) is 0 Å². The molecule has 0 aromatic heterocycles. The third kappa shape index (κ3) is 3.36. The maximum Gasteiger partial charge on any atom is 0.121 e. The van der Waals surface area contributed by atoms with Crippen LogP contribution >= 0.6 is 0 Å². The monoisotopic (exact) mass is 234 g/mol. The molecule has 0 aliphatic heterocycles. The van der Waals surface area contributed by atoms with E-state index in [-0.39, 0.29) is 6.61 Å². The first-order chi connectivity index (χ1) is 8.26. The van der Waals surface area contributed by atoms with Gasteiger partial charge >= 0.3 is 0 Å². The van der Waals surface area contributed by atoms with Crippen LogP contribution < -0.4 is 9.64 Å². The first kappa shape index (κ1) is 13.3. The minimum absolute atomic E-state index is 0.155. The van der Waals surface area contributed by atoms with Crippen LogP contribution in [0.4, 0.5) is 5.69 Å². The zero-order chi connectivity index (χ0) is 12.7. The lowest BCUT2D eigenvalue weighted by molar-refractivity contribution is 0.289. The number of benzene rings is 1. The summed E-state index contributed by atoms with van der Waals surface area (Å²) in [6.45, 7) is 3.71. The first-order valence-electron chi connectivity index (χ1n) is 5.70. The predicted octanol–water partition coefficient (Wildman–Crippen LogP) is 1.78. The van der Waals surface area contributed by atoms with Crippen molar-refractivity contribution in [1.29, 1.82) is 5.26 Å². The summed E-state index contributed by atoms with van der Waals surface area (Å²) in [7, 11) is 1.61. The second kappa shape index (κ2) is 6.77. The van der Waals surface area contributed by atoms with E-state index in [1.807, 2.05) is 13.0 Å². The number of nitrogens with zero attached hydrogens (tertiary/aromatic N) is 2. The van der Waals surface area contributed by atoms with Gasteiger partial charge in [-0.2, -0.15) is 5.26 Å². The van der Waals surface area contributed by atoms with Crippen LogP contribution in [0.5, 0.6) is 5.75 Å². The Morgan fingerprint density at radius 3 is 2.76 bits per heavy atom. The largest absolute Gasteiger partial charge is 0.497 e. The highest BCUT2D eigenvalue weighted by atomic mass is 16.5. The minimum atomic E-state index is 0.155. The fourth-order valence-corrected chi connectivity index (χ4v) is 1.71. The summed E-state index contributed by atoms with van der Waals surface area (Å²) in [6, 6.07) is 7.58. The summed E-state index contributed by atoms with van der Waals surface area (Å²) in [5.74, 6) is 0.737. The van der Waals surface area contributed by atoms with Crippen LogP contribution in [0.3, 0.4) is 0 Å². The van der Waals surface area contributed by atoms with Gasteiger partial charge in [-0.1, -0.05) is 0 Å². The van der Waals surface area contributed by atoms with Gasteiger partial charge in [-0.25, -0.2) is 0 Å². The number of rotatable bonds is 6. The van der Waals surface area contributed by atoms with Gasteiger partial charge in [0, 0.05) is 25.8 Å². The Morgan fingerprint density at radius 2 is 2.24 bits per heavy atom. The maximum atomic E-state index is 9.08. The van der Waals surface area contributed by atoms with E-state index in [0.717, 1.165) is 24.5 Å². The molecule has 0 unspecified atom stereocenters. The van der Waals surface area contributed by atoms with Crippen molar-refractivity contribution in [3.8, 4) is 11.8 Å². The lowest BCUT2D eigenvalue weighted by Gasteiger charge is -2.24. The normalized spacial score (nSPS) is 9.76. The molecule has 92 valence electrons. The Bertz CT molecular complexity index is 399. The second-order valence-electron chi connectivity index (χ2n) is 3.65. The quantitative estimate of drug-likeness (QED) is 0.815. The molecular weight excluding hydrogens is 216 g/mol. The summed E-state index contributed by atoms with van der Waals surface area (Å²) in [6.07, 6.45) is 0.690. The molecule has 4 heteroatoms. The molecule has 1 aromatic carbocycles. The zero-order valence-electron chi connectivity index (χ0n) is 10.3. The topological polar surface area (TPSA) is 56.5 Å². The van der Waals surface area contributed by atoms with Gasteiger partial charge in [0.25, 0.3) is 0 Å². The molecule has 4 nitrogen and oxygen atoms in total. The van der Waals surface area contributed by atoms with Crippen LogP contribution in [0.15, 0.2) is 18.2 Å². The van der Waals surface area contributed by atoms with Crippen molar-refractivity contribution in [3.63, 3.8) is 0 Å². The molecule has 0 fully saturated rings. The molecule has 1 rings (SSSR count). The smallest absolute Gasteiger partial charge is 0.121 e. The Labute approximate surface area is 102 Å². The summed E-state index contributed by atoms with van der Waals surface area (Å²) >= 11 is 0. The number of aliphatic hydroxyl groups is 1. The van der Waals surface area contributed by atoms with E-state index >= 15 is 0 Å². The van der Waals surface area contributed by atoms with Crippen molar-refractivity contribution in [2.24, 2.45) is 0 Å². The van der Waals surface area contributed by atoms with Crippen LogP contribution in [0.25, 0.3) is 0 Å². The lowest BCUT2D eigenvalue weighted by Crippen LogP contribution is -2.25. The third-order valence-corrected chi connectivity index (χ3v) is 2.63. The summed E-state index contributed by atoms with van der Waals surface area (Å²) in [5.41, 5.74) is 1.49. The van der Waals surface area contributed by atoms with Gasteiger partial charge in [0.1, 0.15) is 11.8 Å². The highest BCUT2D eigenvalue weighted by molar-refractivity contribution is 5.62. The van der Waals surface area contributed by atoms with Crippen LogP contribution in [0.1, 0.15) is 18.9 Å². The molecule has 0 spiro atoms. The van der Waals surface area contributed by atoms with Gasteiger partial charge in [-0.15, -0.1) is 0 Å². The minimum Gasteiger partial charge on any atom is -0.497 e. The van der Waals surface area contributed by atoms with Gasteiger partial charge < -0.3 is 14.7 Å². The van der Waals surface area contributed by atoms with Crippen molar-refractivity contribution < 1.29 is 9.84 Å². The molecule has 17 heavy (non-hydrogen) atoms. The number of ether oxygens (including phenoxy) is 1. The Balaban J connectivity index is 3.02. The summed E-state index contributed by atoms with van der Waals surface area (Å²) in [4.78, 5) is 2.07. The van der Waals surface area contributed by atoms with E-state index in [1.54, 1.807) is 19.2 Å². The van der Waals surface area contributed by atoms with Crippen molar-refractivity contribution in [1.82, 2.24) is 0 Å². The number of hydrogen-bond donors (Lipinski definition) is 1. The molecule has 0 saturated heterocycles. The predicted molar refractivity (Wildman–Crippen MR) is 67.3 cm³/mol. The highest BCUT2D eigenvalue weighted by Gasteiger charge is 2.10. The van der Waals surface area contributed by atoms with Gasteiger partial charge in [0.15, 0.2) is 0 Å². The second-order valence-corrected chi connectivity index (χ2v) is 3.65. The molecule has 0 aliphatic carbocycles. The molecule has 0 saturated carbocycles. The fourth-order valence-electron chi connectivity index (χ4n) is 1.71. The molecule has 1 aromatic rings. The average molecular weight is 234 g/mol. The molecule has 0 bridgehead atoms. The first-order valence-corrected chi connectivity index (χ1v) is 5.70. The Morgan fingerprint density at radius 1 is 1.47 bits per heavy atom. The van der Waals surface area contributed by atoms with E-state index in [1.165, 1.54) is 0 Å². The molecule has 1 N–H and O–H groups in total. The van der Waals surface area contributed by atoms with Gasteiger partial charge in [0.05, 0.1) is 18.4 Å². The number of anilines is 1. The number of hydrogen-bond acceptors (Lipinski definition) is 4. The van der Waals surface area contributed by atoms with Crippen molar-refractivity contribution in [2.75, 3.05) is 31.7 Å². The standard InChI is InChI=1S/C13H18N2O2/c1-3-15(7-4-8-16)13-9-12(17-2)6-5-11(13)10-14/h5-6,9,16H,3-4,7-8H2,1-2H3. The summed E-state index contributed by atoms with van der Waals surface area (Å²) in [5, 5.41) is 18.0. The van der Waals surface area contributed by atoms with Crippen molar-refractivity contribution >= 4 is 5.69 Å².